The third kappa shape index (κ3) is 77.5. The van der Waals surface area contributed by atoms with Crippen LogP contribution in [0.1, 0.15) is 259 Å². The highest BCUT2D eigenvalue weighted by Crippen LogP contribution is 2.45. The molecule has 19 heteroatoms. The van der Waals surface area contributed by atoms with Gasteiger partial charge in [0.2, 0.25) is 0 Å². The van der Waals surface area contributed by atoms with Crippen molar-refractivity contribution in [1.29, 1.82) is 0 Å². The molecule has 0 amide bonds. The number of aliphatic hydroxyl groups is 1. The highest BCUT2D eigenvalue weighted by molar-refractivity contribution is 7.47. The van der Waals surface area contributed by atoms with E-state index in [4.69, 9.17) is 37.0 Å². The molecule has 3 N–H and O–H groups in total. The zero-order chi connectivity index (χ0) is 78.9. The Labute approximate surface area is 651 Å². The molecule has 108 heavy (non-hydrogen) atoms. The highest BCUT2D eigenvalue weighted by Gasteiger charge is 2.30. The molecule has 0 radical (unpaired) electrons. The minimum absolute atomic E-state index is 0.0608. The summed E-state index contributed by atoms with van der Waals surface area (Å²) in [4.78, 5) is 73.0. The largest absolute Gasteiger partial charge is 0.472 e. The van der Waals surface area contributed by atoms with Crippen LogP contribution in [0.3, 0.4) is 0 Å². The Morgan fingerprint density at radius 1 is 0.269 bits per heavy atom. The maximum atomic E-state index is 13.1. The van der Waals surface area contributed by atoms with Crippen LogP contribution in [0, 0.1) is 0 Å². The van der Waals surface area contributed by atoms with Crippen LogP contribution in [-0.4, -0.2) is 96.7 Å². The van der Waals surface area contributed by atoms with Gasteiger partial charge in [-0.1, -0.05) is 298 Å². The fraction of sp³-hybridized carbons (Fsp3) is 0.551. The molecule has 0 aromatic heterocycles. The van der Waals surface area contributed by atoms with E-state index in [1.54, 1.807) is 18.2 Å². The molecule has 0 aliphatic carbocycles. The topological polar surface area (TPSA) is 237 Å². The number of phosphoric acid groups is 2. The number of unbranched alkanes of at least 4 members (excludes halogenated alkanes) is 12. The lowest BCUT2D eigenvalue weighted by molar-refractivity contribution is -0.161. The van der Waals surface area contributed by atoms with Gasteiger partial charge in [0, 0.05) is 12.8 Å². The quantitative estimate of drug-likeness (QED) is 0.0169. The summed E-state index contributed by atoms with van der Waals surface area (Å²) in [5.74, 6) is -2.53. The second-order valence-electron chi connectivity index (χ2n) is 25.5. The molecule has 0 saturated heterocycles. The normalized spacial score (nSPS) is 15.0. The summed E-state index contributed by atoms with van der Waals surface area (Å²) < 4.78 is 68.4. The maximum Gasteiger partial charge on any atom is 0.472 e. The highest BCUT2D eigenvalue weighted by atomic mass is 31.2. The zero-order valence-electron chi connectivity index (χ0n) is 66.2. The first-order valence-electron chi connectivity index (χ1n) is 40.0. The van der Waals surface area contributed by atoms with Crippen molar-refractivity contribution >= 4 is 39.5 Å². The van der Waals surface area contributed by atoms with E-state index in [-0.39, 0.29) is 25.7 Å². The van der Waals surface area contributed by atoms with E-state index < -0.39 is 97.5 Å². The average Bonchev–Trinajstić information content (AvgIpc) is 0.899. The number of hydrogen-bond acceptors (Lipinski definition) is 15. The number of rotatable bonds is 72. The van der Waals surface area contributed by atoms with Crippen LogP contribution < -0.4 is 0 Å². The average molecular weight is 1540 g/mol. The predicted octanol–water partition coefficient (Wildman–Crippen LogP) is 23.7. The van der Waals surface area contributed by atoms with E-state index in [0.29, 0.717) is 25.7 Å². The van der Waals surface area contributed by atoms with Gasteiger partial charge in [0.25, 0.3) is 0 Å². The van der Waals surface area contributed by atoms with E-state index in [1.165, 1.54) is 0 Å². The van der Waals surface area contributed by atoms with Gasteiger partial charge in [-0.25, -0.2) is 9.13 Å². The molecule has 0 rings (SSSR count). The predicted molar refractivity (Wildman–Crippen MR) is 445 cm³/mol. The Kier molecular flexibility index (Phi) is 73.7. The molecule has 0 saturated carbocycles. The van der Waals surface area contributed by atoms with Crippen LogP contribution in [0.2, 0.25) is 0 Å². The van der Waals surface area contributed by atoms with Crippen LogP contribution >= 0.6 is 15.6 Å². The Morgan fingerprint density at radius 2 is 0.500 bits per heavy atom. The Morgan fingerprint density at radius 3 is 0.815 bits per heavy atom. The van der Waals surface area contributed by atoms with E-state index in [1.807, 2.05) is 30.4 Å². The molecule has 5 unspecified atom stereocenters. The number of aliphatic hydroxyl groups excluding tert-OH is 1. The molecule has 0 aromatic carbocycles. The van der Waals surface area contributed by atoms with Crippen molar-refractivity contribution in [3.63, 3.8) is 0 Å². The van der Waals surface area contributed by atoms with Gasteiger partial charge in [-0.3, -0.25) is 37.3 Å². The molecule has 0 aromatic rings. The smallest absolute Gasteiger partial charge is 0.462 e. The molecular formula is C89H138O17P2. The lowest BCUT2D eigenvalue weighted by atomic mass is 10.1. The van der Waals surface area contributed by atoms with Crippen molar-refractivity contribution in [2.75, 3.05) is 39.6 Å². The summed E-state index contributed by atoms with van der Waals surface area (Å²) in [6, 6.07) is 0. The molecule has 0 aliphatic rings. The molecule has 0 fully saturated rings. The summed E-state index contributed by atoms with van der Waals surface area (Å²) in [5.41, 5.74) is 0. The van der Waals surface area contributed by atoms with Crippen LogP contribution in [0.4, 0.5) is 0 Å². The number of phosphoric ester groups is 2. The van der Waals surface area contributed by atoms with Crippen LogP contribution in [0.5, 0.6) is 0 Å². The van der Waals surface area contributed by atoms with Gasteiger partial charge in [-0.2, -0.15) is 0 Å². The van der Waals surface area contributed by atoms with Gasteiger partial charge in [-0.05, 0) is 154 Å². The Balaban J connectivity index is 5.55. The maximum absolute atomic E-state index is 13.1. The molecule has 0 spiro atoms. The first-order valence-corrected chi connectivity index (χ1v) is 43.0. The number of carbonyl (C=O) groups excluding carboxylic acids is 4. The standard InChI is InChI=1S/C89H138O17P2/c1-5-9-13-17-21-25-29-33-37-39-41-43-47-50-54-58-62-66-70-74-87(92)100-80-85(106-89(94)76-72-68-64-60-56-52-48-44-42-40-38-34-30-26-22-18-14-10-6-2)82-104-108(97,98)102-78-83(90)77-101-107(95,96)103-81-84(105-88(93)75-71-67-63-59-55-51-46-36-32-28-24-20-16-12-8-4)79-99-86(91)73-69-65-61-57-53-49-45-35-31-27-23-19-15-11-7-3/h9-16,21-28,33-38,41-46,53,55,57,59,65,67,69,71,83-85,90H,5-8,17-20,29-32,39-40,47-52,54,56,58,60-64,66,68,70,72-82H2,1-4H3,(H,95,96)(H,97,98)/b13-9-,14-10-,15-11-,16-12-,25-21-,26-22-,27-23-,28-24-,37-33-,38-34-,43-41-,44-42-,45-35-,46-36-,57-53-,59-55-,69-65-,71-67-. The van der Waals surface area contributed by atoms with Crippen LogP contribution in [0.15, 0.2) is 219 Å². The van der Waals surface area contributed by atoms with E-state index in [9.17, 15) is 43.2 Å². The summed E-state index contributed by atoms with van der Waals surface area (Å²) in [6.07, 6.45) is 99.8. The first kappa shape index (κ1) is 101. The van der Waals surface area contributed by atoms with Crippen molar-refractivity contribution in [2.24, 2.45) is 0 Å². The van der Waals surface area contributed by atoms with Gasteiger partial charge in [0.15, 0.2) is 12.2 Å². The third-order valence-electron chi connectivity index (χ3n) is 15.5. The molecule has 0 heterocycles. The Bertz CT molecular complexity index is 2910. The summed E-state index contributed by atoms with van der Waals surface area (Å²) >= 11 is 0. The van der Waals surface area contributed by atoms with Crippen molar-refractivity contribution in [3.05, 3.63) is 219 Å². The van der Waals surface area contributed by atoms with Crippen molar-refractivity contribution < 1.29 is 80.2 Å². The number of allylic oxidation sites excluding steroid dienone is 34. The summed E-state index contributed by atoms with van der Waals surface area (Å²) in [6.45, 7) is 4.12. The minimum Gasteiger partial charge on any atom is -0.462 e. The van der Waals surface area contributed by atoms with Crippen LogP contribution in [0.25, 0.3) is 0 Å². The van der Waals surface area contributed by atoms with Crippen molar-refractivity contribution in [1.82, 2.24) is 0 Å². The molecular weight excluding hydrogens is 1400 g/mol. The van der Waals surface area contributed by atoms with Crippen molar-refractivity contribution in [2.45, 2.75) is 277 Å². The molecule has 0 bridgehead atoms. The van der Waals surface area contributed by atoms with E-state index in [2.05, 4.69) is 198 Å². The number of carbonyl (C=O) groups is 4. The molecule has 17 nitrogen and oxygen atoms in total. The van der Waals surface area contributed by atoms with Gasteiger partial charge >= 0.3 is 39.5 Å². The van der Waals surface area contributed by atoms with E-state index >= 15 is 0 Å². The third-order valence-corrected chi connectivity index (χ3v) is 17.4. The van der Waals surface area contributed by atoms with E-state index in [0.717, 1.165) is 180 Å². The van der Waals surface area contributed by atoms with Crippen LogP contribution in [-0.2, 0) is 65.4 Å². The first-order chi connectivity index (χ1) is 52.7. The number of hydrogen-bond donors (Lipinski definition) is 3. The lowest BCUT2D eigenvalue weighted by Gasteiger charge is -2.21. The summed E-state index contributed by atoms with van der Waals surface area (Å²) in [5, 5.41) is 10.6. The van der Waals surface area contributed by atoms with Crippen molar-refractivity contribution in [3.8, 4) is 0 Å². The van der Waals surface area contributed by atoms with Gasteiger partial charge in [-0.15, -0.1) is 0 Å². The number of ether oxygens (including phenoxy) is 4. The summed E-state index contributed by atoms with van der Waals surface area (Å²) in [7, 11) is -10.0. The minimum atomic E-state index is -5.04. The van der Waals surface area contributed by atoms with Gasteiger partial charge < -0.3 is 33.8 Å². The second kappa shape index (κ2) is 78.5. The monoisotopic (exact) mass is 1540 g/mol. The molecule has 5 atom stereocenters. The second-order valence-corrected chi connectivity index (χ2v) is 28.4. The fourth-order valence-corrected chi connectivity index (χ4v) is 11.2. The van der Waals surface area contributed by atoms with Gasteiger partial charge in [0.1, 0.15) is 19.3 Å². The zero-order valence-corrected chi connectivity index (χ0v) is 68.0. The molecule has 0 aliphatic heterocycles. The van der Waals surface area contributed by atoms with Gasteiger partial charge in [0.05, 0.1) is 39.3 Å². The lowest BCUT2D eigenvalue weighted by Crippen LogP contribution is -2.30. The Hall–Kier alpha value is -6.62. The number of esters is 4. The fourth-order valence-electron chi connectivity index (χ4n) is 9.58. The molecule has 606 valence electrons. The SMILES string of the molecule is CC/C=C\C/C=C\C/C=C\C/C=C\C/C=C\CC(=O)OCC(COP(=O)(O)OCC(O)COP(=O)(O)OCC(COC(=O)CCCCCCCC/C=C\C/C=C\C/C=C\C/C=C\CC)OC(=O)CCCCCCCC/C=C\C/C=C\C/C=C\C/C=C\CC)OC(=O)C/C=C\C/C=C\C/C=C\C/C=C\C/C=C\CC.